The molecule has 0 radical (unpaired) electrons. The summed E-state index contributed by atoms with van der Waals surface area (Å²) in [5.41, 5.74) is 0.473. The third kappa shape index (κ3) is 4.26. The van der Waals surface area contributed by atoms with E-state index in [1.165, 1.54) is 29.9 Å². The number of rotatable bonds is 6. The molecule has 0 atom stereocenters. The first-order valence-electron chi connectivity index (χ1n) is 8.52. The van der Waals surface area contributed by atoms with E-state index in [1.54, 1.807) is 35.7 Å². The number of sulfonamides is 1. The number of methoxy groups -OCH3 is 2. The second kappa shape index (κ2) is 8.28. The molecule has 9 heteroatoms. The zero-order chi connectivity index (χ0) is 19.4. The third-order valence-electron chi connectivity index (χ3n) is 4.52. The molecule has 1 N–H and O–H groups in total. The lowest BCUT2D eigenvalue weighted by molar-refractivity contribution is 0.0923. The molecule has 1 fully saturated rings. The van der Waals surface area contributed by atoms with Crippen LogP contribution < -0.4 is 14.8 Å². The minimum absolute atomic E-state index is 0.0691. The van der Waals surface area contributed by atoms with Crippen LogP contribution in [-0.4, -0.2) is 52.0 Å². The fraction of sp³-hybridized carbons (Fsp3) is 0.389. The molecule has 3 rings (SSSR count). The summed E-state index contributed by atoms with van der Waals surface area (Å²) < 4.78 is 37.4. The number of nitrogens with zero attached hydrogens (tertiary/aromatic N) is 1. The van der Waals surface area contributed by atoms with Gasteiger partial charge in [-0.1, -0.05) is 6.07 Å². The molecule has 0 bridgehead atoms. The number of benzene rings is 1. The predicted octanol–water partition coefficient (Wildman–Crippen LogP) is 2.35. The molecule has 0 aliphatic carbocycles. The van der Waals surface area contributed by atoms with Crippen LogP contribution in [0.3, 0.4) is 0 Å². The highest BCUT2D eigenvalue weighted by atomic mass is 32.2. The van der Waals surface area contributed by atoms with E-state index in [-0.39, 0.29) is 11.9 Å². The Balaban J connectivity index is 1.60. The van der Waals surface area contributed by atoms with Crippen LogP contribution in [0.15, 0.2) is 39.9 Å². The highest BCUT2D eigenvalue weighted by molar-refractivity contribution is 7.91. The fourth-order valence-corrected chi connectivity index (χ4v) is 5.64. The van der Waals surface area contributed by atoms with E-state index in [4.69, 9.17) is 9.47 Å². The Morgan fingerprint density at radius 2 is 1.85 bits per heavy atom. The largest absolute Gasteiger partial charge is 0.493 e. The fourth-order valence-electron chi connectivity index (χ4n) is 3.02. The number of hydrogen-bond donors (Lipinski definition) is 1. The lowest BCUT2D eigenvalue weighted by atomic mass is 10.1. The van der Waals surface area contributed by atoms with E-state index in [0.29, 0.717) is 47.2 Å². The molecular weight excluding hydrogens is 388 g/mol. The van der Waals surface area contributed by atoms with Gasteiger partial charge >= 0.3 is 0 Å². The Kier molecular flexibility index (Phi) is 6.03. The maximum atomic E-state index is 12.6. The van der Waals surface area contributed by atoms with Crippen molar-refractivity contribution in [2.24, 2.45) is 0 Å². The highest BCUT2D eigenvalue weighted by Gasteiger charge is 2.30. The van der Waals surface area contributed by atoms with Crippen LogP contribution in [-0.2, 0) is 10.0 Å². The molecule has 2 heterocycles. The average Bonchev–Trinajstić information content (AvgIpc) is 3.23. The van der Waals surface area contributed by atoms with Crippen LogP contribution in [0.25, 0.3) is 0 Å². The first kappa shape index (κ1) is 19.7. The SMILES string of the molecule is COc1ccc(C(=O)NC2CCN(S(=O)(=O)c3cccs3)CC2)cc1OC. The molecule has 1 amide bonds. The van der Waals surface area contributed by atoms with Crippen molar-refractivity contribution < 1.29 is 22.7 Å². The van der Waals surface area contributed by atoms with Gasteiger partial charge in [0, 0.05) is 24.7 Å². The van der Waals surface area contributed by atoms with Gasteiger partial charge in [-0.2, -0.15) is 4.31 Å². The summed E-state index contributed by atoms with van der Waals surface area (Å²) >= 11 is 1.22. The first-order chi connectivity index (χ1) is 13.0. The van der Waals surface area contributed by atoms with E-state index in [2.05, 4.69) is 5.32 Å². The second-order valence-electron chi connectivity index (χ2n) is 6.15. The number of amides is 1. The van der Waals surface area contributed by atoms with Gasteiger partial charge in [-0.25, -0.2) is 8.42 Å². The zero-order valence-corrected chi connectivity index (χ0v) is 16.8. The third-order valence-corrected chi connectivity index (χ3v) is 7.80. The molecule has 1 aliphatic rings. The molecule has 1 saturated heterocycles. The van der Waals surface area contributed by atoms with Gasteiger partial charge in [0.25, 0.3) is 15.9 Å². The van der Waals surface area contributed by atoms with Crippen molar-refractivity contribution in [3.05, 3.63) is 41.3 Å². The second-order valence-corrected chi connectivity index (χ2v) is 9.27. The number of thiophene rings is 1. The number of carbonyl (C=O) groups is 1. The van der Waals surface area contributed by atoms with Crippen LogP contribution in [0.2, 0.25) is 0 Å². The van der Waals surface area contributed by atoms with Gasteiger partial charge < -0.3 is 14.8 Å². The Morgan fingerprint density at radius 1 is 1.15 bits per heavy atom. The van der Waals surface area contributed by atoms with Gasteiger partial charge in [-0.15, -0.1) is 11.3 Å². The summed E-state index contributed by atoms with van der Waals surface area (Å²) in [5.74, 6) is 0.832. The van der Waals surface area contributed by atoms with Crippen molar-refractivity contribution in [3.63, 3.8) is 0 Å². The lowest BCUT2D eigenvalue weighted by Crippen LogP contribution is -2.46. The normalized spacial score (nSPS) is 16.1. The average molecular weight is 411 g/mol. The van der Waals surface area contributed by atoms with Gasteiger partial charge in [0.1, 0.15) is 4.21 Å². The standard InChI is InChI=1S/C18H22N2O5S2/c1-24-15-6-5-13(12-16(15)25-2)18(21)19-14-7-9-20(10-8-14)27(22,23)17-4-3-11-26-17/h3-6,11-12,14H,7-10H2,1-2H3,(H,19,21). The number of nitrogens with one attached hydrogen (secondary N) is 1. The van der Waals surface area contributed by atoms with Crippen molar-refractivity contribution >= 4 is 27.3 Å². The van der Waals surface area contributed by atoms with E-state index < -0.39 is 10.0 Å². The maximum absolute atomic E-state index is 12.6. The summed E-state index contributed by atoms with van der Waals surface area (Å²) in [5, 5.41) is 4.73. The molecule has 0 unspecified atom stereocenters. The van der Waals surface area contributed by atoms with Crippen molar-refractivity contribution in [1.82, 2.24) is 9.62 Å². The monoisotopic (exact) mass is 410 g/mol. The quantitative estimate of drug-likeness (QED) is 0.790. The van der Waals surface area contributed by atoms with Gasteiger partial charge in [0.05, 0.1) is 14.2 Å². The van der Waals surface area contributed by atoms with E-state index in [9.17, 15) is 13.2 Å². The number of hydrogen-bond acceptors (Lipinski definition) is 6. The van der Waals surface area contributed by atoms with Gasteiger partial charge in [0.2, 0.25) is 0 Å². The molecule has 1 aromatic carbocycles. The number of carbonyl (C=O) groups excluding carboxylic acids is 1. The van der Waals surface area contributed by atoms with Crippen LogP contribution in [0.1, 0.15) is 23.2 Å². The smallest absolute Gasteiger partial charge is 0.252 e. The molecule has 146 valence electrons. The summed E-state index contributed by atoms with van der Waals surface area (Å²) in [4.78, 5) is 12.5. The Labute approximate surface area is 163 Å². The van der Waals surface area contributed by atoms with Crippen LogP contribution in [0.5, 0.6) is 11.5 Å². The Morgan fingerprint density at radius 3 is 2.44 bits per heavy atom. The summed E-state index contributed by atoms with van der Waals surface area (Å²) in [6.45, 7) is 0.772. The molecule has 2 aromatic rings. The van der Waals surface area contributed by atoms with Crippen LogP contribution in [0.4, 0.5) is 0 Å². The van der Waals surface area contributed by atoms with Crippen molar-refractivity contribution in [3.8, 4) is 11.5 Å². The van der Waals surface area contributed by atoms with Crippen molar-refractivity contribution in [2.45, 2.75) is 23.1 Å². The highest BCUT2D eigenvalue weighted by Crippen LogP contribution is 2.28. The topological polar surface area (TPSA) is 84.9 Å². The molecule has 0 spiro atoms. The summed E-state index contributed by atoms with van der Waals surface area (Å²) in [7, 11) is -0.376. The number of ether oxygens (including phenoxy) is 2. The molecule has 0 saturated carbocycles. The predicted molar refractivity (Wildman–Crippen MR) is 103 cm³/mol. The molecule has 1 aliphatic heterocycles. The van der Waals surface area contributed by atoms with Gasteiger partial charge in [0.15, 0.2) is 11.5 Å². The molecular formula is C18H22N2O5S2. The van der Waals surface area contributed by atoms with E-state index in [1.807, 2.05) is 0 Å². The molecule has 7 nitrogen and oxygen atoms in total. The van der Waals surface area contributed by atoms with Gasteiger partial charge in [-0.3, -0.25) is 4.79 Å². The Bertz CT molecular complexity index is 888. The molecule has 27 heavy (non-hydrogen) atoms. The van der Waals surface area contributed by atoms with Crippen molar-refractivity contribution in [1.29, 1.82) is 0 Å². The number of piperidine rings is 1. The Hall–Kier alpha value is -2.10. The summed E-state index contributed by atoms with van der Waals surface area (Å²) in [6, 6.07) is 8.26. The van der Waals surface area contributed by atoms with E-state index in [0.717, 1.165) is 0 Å². The van der Waals surface area contributed by atoms with Crippen LogP contribution >= 0.6 is 11.3 Å². The van der Waals surface area contributed by atoms with Gasteiger partial charge in [-0.05, 0) is 42.5 Å². The first-order valence-corrected chi connectivity index (χ1v) is 10.8. The van der Waals surface area contributed by atoms with E-state index >= 15 is 0 Å². The minimum atomic E-state index is -3.43. The zero-order valence-electron chi connectivity index (χ0n) is 15.2. The van der Waals surface area contributed by atoms with Crippen LogP contribution in [0, 0.1) is 0 Å². The minimum Gasteiger partial charge on any atom is -0.493 e. The lowest BCUT2D eigenvalue weighted by Gasteiger charge is -2.31. The maximum Gasteiger partial charge on any atom is 0.252 e. The molecule has 1 aromatic heterocycles. The summed E-state index contributed by atoms with van der Waals surface area (Å²) in [6.07, 6.45) is 1.15. The van der Waals surface area contributed by atoms with Crippen molar-refractivity contribution in [2.75, 3.05) is 27.3 Å².